The van der Waals surface area contributed by atoms with E-state index >= 15 is 0 Å². The van der Waals surface area contributed by atoms with E-state index in [-0.39, 0.29) is 0 Å². The fourth-order valence-electron chi connectivity index (χ4n) is 2.29. The second kappa shape index (κ2) is 5.43. The molecule has 0 fully saturated rings. The molecule has 0 atom stereocenters. The van der Waals surface area contributed by atoms with Gasteiger partial charge in [0.1, 0.15) is 5.75 Å². The number of rotatable bonds is 2. The van der Waals surface area contributed by atoms with Crippen LogP contribution in [0.4, 0.5) is 0 Å². The Balaban J connectivity index is 2.22. The molecule has 0 aliphatic rings. The average molecular weight is 278 g/mol. The van der Waals surface area contributed by atoms with Crippen LogP contribution in [0.15, 0.2) is 77.7 Å². The van der Waals surface area contributed by atoms with Crippen LogP contribution in [-0.2, 0) is 0 Å². The Bertz CT molecular complexity index is 660. The first-order valence-corrected chi connectivity index (χ1v) is 6.87. The van der Waals surface area contributed by atoms with Gasteiger partial charge >= 0.3 is 0 Å². The van der Waals surface area contributed by atoms with Gasteiger partial charge in [0.05, 0.1) is 0 Å². The molecule has 0 heterocycles. The Morgan fingerprint density at radius 3 is 1.45 bits per heavy atom. The van der Waals surface area contributed by atoms with Crippen LogP contribution in [0.2, 0.25) is 0 Å². The molecule has 3 aromatic rings. The van der Waals surface area contributed by atoms with Gasteiger partial charge < -0.3 is 5.11 Å². The summed E-state index contributed by atoms with van der Waals surface area (Å²) in [7, 11) is 0. The molecule has 1 N–H and O–H groups in total. The monoisotopic (exact) mass is 278 g/mol. The van der Waals surface area contributed by atoms with Crippen molar-refractivity contribution >= 4 is 12.6 Å². The van der Waals surface area contributed by atoms with E-state index in [4.69, 9.17) is 0 Å². The molecular weight excluding hydrogens is 264 g/mol. The van der Waals surface area contributed by atoms with E-state index in [1.54, 1.807) is 0 Å². The summed E-state index contributed by atoms with van der Waals surface area (Å²) in [5.74, 6) is 0.292. The summed E-state index contributed by atoms with van der Waals surface area (Å²) in [4.78, 5) is 0.834. The Morgan fingerprint density at radius 2 is 1.05 bits per heavy atom. The van der Waals surface area contributed by atoms with Gasteiger partial charge in [0, 0.05) is 16.0 Å². The third kappa shape index (κ3) is 2.43. The van der Waals surface area contributed by atoms with E-state index < -0.39 is 0 Å². The lowest BCUT2D eigenvalue weighted by molar-refractivity contribution is 0.479. The van der Waals surface area contributed by atoms with Crippen LogP contribution in [-0.4, -0.2) is 5.11 Å². The van der Waals surface area contributed by atoms with E-state index in [0.717, 1.165) is 27.1 Å². The first kappa shape index (κ1) is 12.8. The lowest BCUT2D eigenvalue weighted by Gasteiger charge is -2.12. The summed E-state index contributed by atoms with van der Waals surface area (Å²) in [6, 6.07) is 23.5. The van der Waals surface area contributed by atoms with Crippen molar-refractivity contribution in [2.75, 3.05) is 0 Å². The maximum Gasteiger partial charge on any atom is 0.131 e. The van der Waals surface area contributed by atoms with E-state index in [1.807, 2.05) is 72.8 Å². The summed E-state index contributed by atoms with van der Waals surface area (Å²) in [6.45, 7) is 0. The molecule has 0 saturated heterocycles. The predicted molar refractivity (Wildman–Crippen MR) is 86.2 cm³/mol. The highest BCUT2D eigenvalue weighted by Gasteiger charge is 2.12. The van der Waals surface area contributed by atoms with Gasteiger partial charge in [0.25, 0.3) is 0 Å². The normalized spacial score (nSPS) is 10.4. The molecule has 0 spiro atoms. The standard InChI is InChI=1S/C18H14OS/c19-18-16(13-7-3-1-4-8-13)11-15(20)12-17(18)14-9-5-2-6-10-14/h1-12,19-20H. The molecule has 1 nitrogen and oxygen atoms in total. The lowest BCUT2D eigenvalue weighted by atomic mass is 9.97. The highest BCUT2D eigenvalue weighted by Crippen LogP contribution is 2.39. The summed E-state index contributed by atoms with van der Waals surface area (Å²) in [5, 5.41) is 10.6. The predicted octanol–water partition coefficient (Wildman–Crippen LogP) is 5.01. The van der Waals surface area contributed by atoms with Crippen LogP contribution in [0.1, 0.15) is 0 Å². The maximum absolute atomic E-state index is 10.6. The molecule has 3 aromatic carbocycles. The number of aromatic hydroxyl groups is 1. The lowest BCUT2D eigenvalue weighted by Crippen LogP contribution is -1.85. The van der Waals surface area contributed by atoms with Crippen LogP contribution in [0, 0.1) is 0 Å². The molecular formula is C18H14OS. The van der Waals surface area contributed by atoms with Gasteiger partial charge in [-0.1, -0.05) is 60.7 Å². The highest BCUT2D eigenvalue weighted by molar-refractivity contribution is 7.80. The Labute approximate surface area is 123 Å². The fourth-order valence-corrected chi connectivity index (χ4v) is 2.55. The maximum atomic E-state index is 10.6. The minimum atomic E-state index is 0.292. The largest absolute Gasteiger partial charge is 0.507 e. The summed E-state index contributed by atoms with van der Waals surface area (Å²) >= 11 is 4.46. The molecule has 0 saturated carbocycles. The average Bonchev–Trinajstić information content (AvgIpc) is 2.51. The minimum Gasteiger partial charge on any atom is -0.507 e. The van der Waals surface area contributed by atoms with E-state index in [9.17, 15) is 5.11 Å². The van der Waals surface area contributed by atoms with Crippen molar-refractivity contribution in [3.05, 3.63) is 72.8 Å². The zero-order valence-corrected chi connectivity index (χ0v) is 11.7. The molecule has 20 heavy (non-hydrogen) atoms. The number of benzene rings is 3. The van der Waals surface area contributed by atoms with Crippen molar-refractivity contribution in [1.29, 1.82) is 0 Å². The Kier molecular flexibility index (Phi) is 3.48. The van der Waals surface area contributed by atoms with Crippen LogP contribution in [0.5, 0.6) is 5.75 Å². The van der Waals surface area contributed by atoms with Gasteiger partial charge in [-0.2, -0.15) is 0 Å². The van der Waals surface area contributed by atoms with Gasteiger partial charge in [-0.15, -0.1) is 12.6 Å². The van der Waals surface area contributed by atoms with Crippen LogP contribution >= 0.6 is 12.6 Å². The van der Waals surface area contributed by atoms with Crippen molar-refractivity contribution in [2.24, 2.45) is 0 Å². The zero-order valence-electron chi connectivity index (χ0n) is 10.8. The zero-order chi connectivity index (χ0) is 13.9. The smallest absolute Gasteiger partial charge is 0.131 e. The van der Waals surface area contributed by atoms with E-state index in [0.29, 0.717) is 5.75 Å². The summed E-state index contributed by atoms with van der Waals surface area (Å²) in [6.07, 6.45) is 0. The minimum absolute atomic E-state index is 0.292. The molecule has 0 amide bonds. The van der Waals surface area contributed by atoms with Gasteiger partial charge in [-0.05, 0) is 23.3 Å². The Morgan fingerprint density at radius 1 is 0.650 bits per heavy atom. The van der Waals surface area contributed by atoms with E-state index in [1.165, 1.54) is 0 Å². The van der Waals surface area contributed by atoms with Crippen molar-refractivity contribution < 1.29 is 5.11 Å². The van der Waals surface area contributed by atoms with Gasteiger partial charge in [0.2, 0.25) is 0 Å². The molecule has 0 unspecified atom stereocenters. The quantitative estimate of drug-likeness (QED) is 0.631. The molecule has 2 heteroatoms. The third-order valence-electron chi connectivity index (χ3n) is 3.26. The van der Waals surface area contributed by atoms with Crippen molar-refractivity contribution in [3.8, 4) is 28.0 Å². The van der Waals surface area contributed by atoms with E-state index in [2.05, 4.69) is 12.6 Å². The SMILES string of the molecule is Oc1c(-c2ccccc2)cc(S)cc1-c1ccccc1. The molecule has 0 bridgehead atoms. The number of phenols is 1. The molecule has 3 rings (SSSR count). The van der Waals surface area contributed by atoms with Gasteiger partial charge in [-0.3, -0.25) is 0 Å². The van der Waals surface area contributed by atoms with Crippen LogP contribution < -0.4 is 0 Å². The fraction of sp³-hybridized carbons (Fsp3) is 0. The number of phenolic OH excluding ortho intramolecular Hbond substituents is 1. The van der Waals surface area contributed by atoms with Crippen LogP contribution in [0.3, 0.4) is 0 Å². The third-order valence-corrected chi connectivity index (χ3v) is 3.52. The van der Waals surface area contributed by atoms with Gasteiger partial charge in [0.15, 0.2) is 0 Å². The molecule has 0 aliphatic heterocycles. The van der Waals surface area contributed by atoms with Crippen LogP contribution in [0.25, 0.3) is 22.3 Å². The molecule has 0 aliphatic carbocycles. The van der Waals surface area contributed by atoms with Crippen molar-refractivity contribution in [1.82, 2.24) is 0 Å². The Hall–Kier alpha value is -2.19. The first-order valence-electron chi connectivity index (χ1n) is 6.42. The number of thiol groups is 1. The summed E-state index contributed by atoms with van der Waals surface area (Å²) < 4.78 is 0. The summed E-state index contributed by atoms with van der Waals surface area (Å²) in [5.41, 5.74) is 3.57. The molecule has 98 valence electrons. The second-order valence-electron chi connectivity index (χ2n) is 4.62. The van der Waals surface area contributed by atoms with Gasteiger partial charge in [-0.25, -0.2) is 0 Å². The highest BCUT2D eigenvalue weighted by atomic mass is 32.1. The number of hydrogen-bond acceptors (Lipinski definition) is 2. The van der Waals surface area contributed by atoms with Crippen molar-refractivity contribution in [3.63, 3.8) is 0 Å². The molecule has 0 radical (unpaired) electrons. The topological polar surface area (TPSA) is 20.2 Å². The second-order valence-corrected chi connectivity index (χ2v) is 5.14. The number of hydrogen-bond donors (Lipinski definition) is 2. The first-order chi connectivity index (χ1) is 9.75. The van der Waals surface area contributed by atoms with Crippen molar-refractivity contribution in [2.45, 2.75) is 4.90 Å². The molecule has 0 aromatic heterocycles.